The van der Waals surface area contributed by atoms with Gasteiger partial charge in [-0.2, -0.15) is 0 Å². The number of aryl methyl sites for hydroxylation is 1. The van der Waals surface area contributed by atoms with Crippen molar-refractivity contribution in [2.45, 2.75) is 25.0 Å². The zero-order chi connectivity index (χ0) is 15.2. The molecular weight excluding hydrogens is 286 g/mol. The van der Waals surface area contributed by atoms with Gasteiger partial charge in [-0.15, -0.1) is 11.8 Å². The van der Waals surface area contributed by atoms with Crippen LogP contribution < -0.4 is 16.4 Å². The number of benzene rings is 1. The number of anilines is 1. The van der Waals surface area contributed by atoms with E-state index in [-0.39, 0.29) is 5.91 Å². The normalized spacial score (nSPS) is 15.7. The minimum atomic E-state index is -0.461. The van der Waals surface area contributed by atoms with Crippen molar-refractivity contribution in [3.05, 3.63) is 29.3 Å². The van der Waals surface area contributed by atoms with Crippen LogP contribution in [0.15, 0.2) is 18.2 Å². The average Bonchev–Trinajstić information content (AvgIpc) is 2.48. The number of carbonyl (C=O) groups excluding carboxylic acids is 2. The lowest BCUT2D eigenvalue weighted by Gasteiger charge is -2.21. The van der Waals surface area contributed by atoms with Gasteiger partial charge in [-0.25, -0.2) is 0 Å². The maximum Gasteiger partial charge on any atom is 0.248 e. The SMILES string of the molecule is Cc1cc(C(N)=O)ccc1NC(=O)CSC1CCNCC1. The van der Waals surface area contributed by atoms with E-state index >= 15 is 0 Å². The van der Waals surface area contributed by atoms with Gasteiger partial charge < -0.3 is 16.4 Å². The van der Waals surface area contributed by atoms with Gasteiger partial charge in [0.25, 0.3) is 0 Å². The van der Waals surface area contributed by atoms with Crippen LogP contribution in [0.5, 0.6) is 0 Å². The molecule has 2 amide bonds. The molecule has 1 aliphatic rings. The van der Waals surface area contributed by atoms with Crippen LogP contribution in [0.25, 0.3) is 0 Å². The third-order valence-electron chi connectivity index (χ3n) is 3.52. The Balaban J connectivity index is 1.85. The van der Waals surface area contributed by atoms with Crippen LogP contribution in [0.2, 0.25) is 0 Å². The average molecular weight is 307 g/mol. The Labute approximate surface area is 129 Å². The number of thioether (sulfide) groups is 1. The molecule has 6 heteroatoms. The Hall–Kier alpha value is -1.53. The Kier molecular flexibility index (Phi) is 5.64. The van der Waals surface area contributed by atoms with E-state index in [1.165, 1.54) is 0 Å². The summed E-state index contributed by atoms with van der Waals surface area (Å²) < 4.78 is 0. The number of amides is 2. The van der Waals surface area contributed by atoms with E-state index in [2.05, 4.69) is 10.6 Å². The standard InChI is InChI=1S/C15H21N3O2S/c1-10-8-11(15(16)20)2-3-13(10)18-14(19)9-21-12-4-6-17-7-5-12/h2-3,8,12,17H,4-7,9H2,1H3,(H2,16,20)(H,18,19). The number of nitrogens with two attached hydrogens (primary N) is 1. The fraction of sp³-hybridized carbons (Fsp3) is 0.467. The Morgan fingerprint density at radius 2 is 2.10 bits per heavy atom. The molecule has 1 aliphatic heterocycles. The molecule has 0 saturated carbocycles. The summed E-state index contributed by atoms with van der Waals surface area (Å²) in [6.07, 6.45) is 2.23. The van der Waals surface area contributed by atoms with E-state index in [1.807, 2.05) is 6.92 Å². The molecule has 0 bridgehead atoms. The van der Waals surface area contributed by atoms with Crippen LogP contribution in [-0.4, -0.2) is 35.9 Å². The molecule has 21 heavy (non-hydrogen) atoms. The van der Waals surface area contributed by atoms with Crippen molar-refractivity contribution in [3.63, 3.8) is 0 Å². The molecule has 0 atom stereocenters. The lowest BCUT2D eigenvalue weighted by molar-refractivity contribution is -0.113. The van der Waals surface area contributed by atoms with Crippen molar-refractivity contribution in [3.8, 4) is 0 Å². The molecule has 1 aromatic carbocycles. The van der Waals surface area contributed by atoms with Gasteiger partial charge >= 0.3 is 0 Å². The summed E-state index contributed by atoms with van der Waals surface area (Å²) in [6.45, 7) is 3.92. The van der Waals surface area contributed by atoms with Gasteiger partial charge in [0.15, 0.2) is 0 Å². The summed E-state index contributed by atoms with van der Waals surface area (Å²) in [5.74, 6) is -0.00676. The first kappa shape index (κ1) is 15.9. The second-order valence-corrected chi connectivity index (χ2v) is 6.49. The highest BCUT2D eigenvalue weighted by molar-refractivity contribution is 8.00. The third-order valence-corrected chi connectivity index (χ3v) is 4.89. The molecular formula is C15H21N3O2S. The lowest BCUT2D eigenvalue weighted by atomic mass is 10.1. The minimum absolute atomic E-state index is 0.00606. The first-order chi connectivity index (χ1) is 10.1. The molecule has 0 aliphatic carbocycles. The maximum atomic E-state index is 12.0. The van der Waals surface area contributed by atoms with Gasteiger partial charge in [-0.1, -0.05) is 0 Å². The number of rotatable bonds is 5. The quantitative estimate of drug-likeness (QED) is 0.770. The molecule has 2 rings (SSSR count). The number of piperidine rings is 1. The van der Waals surface area contributed by atoms with Crippen LogP contribution >= 0.6 is 11.8 Å². The first-order valence-electron chi connectivity index (χ1n) is 7.09. The fourth-order valence-corrected chi connectivity index (χ4v) is 3.33. The Morgan fingerprint density at radius 3 is 2.71 bits per heavy atom. The fourth-order valence-electron chi connectivity index (χ4n) is 2.30. The van der Waals surface area contributed by atoms with Crippen LogP contribution in [0.4, 0.5) is 5.69 Å². The van der Waals surface area contributed by atoms with Crippen molar-refractivity contribution >= 4 is 29.3 Å². The molecule has 5 nitrogen and oxygen atoms in total. The summed E-state index contributed by atoms with van der Waals surface area (Å²) >= 11 is 1.71. The Bertz CT molecular complexity index is 528. The van der Waals surface area contributed by atoms with Crippen molar-refractivity contribution < 1.29 is 9.59 Å². The van der Waals surface area contributed by atoms with Gasteiger partial charge in [0, 0.05) is 16.5 Å². The molecule has 1 heterocycles. The first-order valence-corrected chi connectivity index (χ1v) is 8.14. The van der Waals surface area contributed by atoms with E-state index in [1.54, 1.807) is 30.0 Å². The number of nitrogens with one attached hydrogen (secondary N) is 2. The summed E-state index contributed by atoms with van der Waals surface area (Å²) in [4.78, 5) is 23.1. The minimum Gasteiger partial charge on any atom is -0.366 e. The van der Waals surface area contributed by atoms with Gasteiger partial charge in [0.1, 0.15) is 0 Å². The van der Waals surface area contributed by atoms with Crippen LogP contribution in [-0.2, 0) is 4.79 Å². The number of hydrogen-bond acceptors (Lipinski definition) is 4. The molecule has 4 N–H and O–H groups in total. The van der Waals surface area contributed by atoms with E-state index < -0.39 is 5.91 Å². The van der Waals surface area contributed by atoms with Gasteiger partial charge in [0.05, 0.1) is 5.75 Å². The summed E-state index contributed by atoms with van der Waals surface area (Å²) in [7, 11) is 0. The smallest absolute Gasteiger partial charge is 0.248 e. The highest BCUT2D eigenvalue weighted by Gasteiger charge is 2.15. The monoisotopic (exact) mass is 307 g/mol. The molecule has 114 valence electrons. The molecule has 0 spiro atoms. The van der Waals surface area contributed by atoms with Gasteiger partial charge in [-0.3, -0.25) is 9.59 Å². The second kappa shape index (κ2) is 7.47. The highest BCUT2D eigenvalue weighted by atomic mass is 32.2. The summed E-state index contributed by atoms with van der Waals surface area (Å²) in [6, 6.07) is 5.05. The van der Waals surface area contributed by atoms with Crippen LogP contribution in [0.3, 0.4) is 0 Å². The highest BCUT2D eigenvalue weighted by Crippen LogP contribution is 2.21. The number of hydrogen-bond donors (Lipinski definition) is 3. The predicted octanol–water partition coefficient (Wildman–Crippen LogP) is 1.52. The molecule has 0 aromatic heterocycles. The predicted molar refractivity (Wildman–Crippen MR) is 86.7 cm³/mol. The second-order valence-electron chi connectivity index (χ2n) is 5.20. The molecule has 0 radical (unpaired) electrons. The number of carbonyl (C=O) groups is 2. The summed E-state index contributed by atoms with van der Waals surface area (Å²) in [5, 5.41) is 6.77. The maximum absolute atomic E-state index is 12.0. The largest absolute Gasteiger partial charge is 0.366 e. The molecule has 1 aromatic rings. The summed E-state index contributed by atoms with van der Waals surface area (Å²) in [5.41, 5.74) is 7.25. The van der Waals surface area contributed by atoms with E-state index in [0.29, 0.717) is 16.6 Å². The lowest BCUT2D eigenvalue weighted by Crippen LogP contribution is -2.30. The number of primary amides is 1. The molecule has 0 unspecified atom stereocenters. The van der Waals surface area contributed by atoms with Crippen molar-refractivity contribution in [2.24, 2.45) is 5.73 Å². The molecule has 1 saturated heterocycles. The van der Waals surface area contributed by atoms with Crippen LogP contribution in [0.1, 0.15) is 28.8 Å². The van der Waals surface area contributed by atoms with Crippen LogP contribution in [0, 0.1) is 6.92 Å². The Morgan fingerprint density at radius 1 is 1.38 bits per heavy atom. The van der Waals surface area contributed by atoms with E-state index in [0.717, 1.165) is 37.2 Å². The zero-order valence-corrected chi connectivity index (χ0v) is 13.0. The van der Waals surface area contributed by atoms with Gasteiger partial charge in [0.2, 0.25) is 11.8 Å². The topological polar surface area (TPSA) is 84.2 Å². The van der Waals surface area contributed by atoms with E-state index in [4.69, 9.17) is 5.73 Å². The van der Waals surface area contributed by atoms with Crippen molar-refractivity contribution in [2.75, 3.05) is 24.2 Å². The van der Waals surface area contributed by atoms with Gasteiger partial charge in [-0.05, 0) is 56.6 Å². The zero-order valence-electron chi connectivity index (χ0n) is 12.1. The third kappa shape index (κ3) is 4.75. The molecule has 1 fully saturated rings. The van der Waals surface area contributed by atoms with Crippen molar-refractivity contribution in [1.82, 2.24) is 5.32 Å². The van der Waals surface area contributed by atoms with E-state index in [9.17, 15) is 9.59 Å². The van der Waals surface area contributed by atoms with Crippen molar-refractivity contribution in [1.29, 1.82) is 0 Å².